The average molecular weight is 196 g/mol. The van der Waals surface area contributed by atoms with E-state index in [-0.39, 0.29) is 12.3 Å². The fourth-order valence-electron chi connectivity index (χ4n) is 1.02. The molecule has 1 heterocycles. The van der Waals surface area contributed by atoms with E-state index >= 15 is 0 Å². The summed E-state index contributed by atoms with van der Waals surface area (Å²) in [5.41, 5.74) is 0.300. The molecule has 0 amide bonds. The van der Waals surface area contributed by atoms with Gasteiger partial charge in [0.15, 0.2) is 5.78 Å². The Hall–Kier alpha value is -1.65. The SMILES string of the molecule is CCC(=O)Cn1cncc1C(=O)OC. The van der Waals surface area contributed by atoms with Crippen LogP contribution >= 0.6 is 0 Å². The largest absolute Gasteiger partial charge is 0.464 e. The van der Waals surface area contributed by atoms with Gasteiger partial charge in [0.25, 0.3) is 0 Å². The number of nitrogens with zero attached hydrogens (tertiary/aromatic N) is 2. The quantitative estimate of drug-likeness (QED) is 0.663. The van der Waals surface area contributed by atoms with E-state index in [2.05, 4.69) is 9.72 Å². The van der Waals surface area contributed by atoms with Crippen molar-refractivity contribution in [1.29, 1.82) is 0 Å². The van der Waals surface area contributed by atoms with Crippen LogP contribution in [0.2, 0.25) is 0 Å². The van der Waals surface area contributed by atoms with Gasteiger partial charge in [-0.15, -0.1) is 0 Å². The molecule has 0 saturated heterocycles. The highest BCUT2D eigenvalue weighted by atomic mass is 16.5. The second-order valence-corrected chi connectivity index (χ2v) is 2.79. The van der Waals surface area contributed by atoms with Gasteiger partial charge in [-0.25, -0.2) is 9.78 Å². The van der Waals surface area contributed by atoms with Crippen molar-refractivity contribution in [1.82, 2.24) is 9.55 Å². The Kier molecular flexibility index (Phi) is 3.39. The lowest BCUT2D eigenvalue weighted by atomic mass is 10.3. The molecule has 0 aliphatic rings. The molecule has 0 aromatic carbocycles. The van der Waals surface area contributed by atoms with Crippen LogP contribution < -0.4 is 0 Å². The molecule has 1 rings (SSSR count). The summed E-state index contributed by atoms with van der Waals surface area (Å²) in [4.78, 5) is 26.1. The number of imidazole rings is 1. The zero-order valence-electron chi connectivity index (χ0n) is 8.19. The fourth-order valence-corrected chi connectivity index (χ4v) is 1.02. The Balaban J connectivity index is 2.82. The lowest BCUT2D eigenvalue weighted by Gasteiger charge is -2.04. The van der Waals surface area contributed by atoms with Crippen LogP contribution in [0.4, 0.5) is 0 Å². The summed E-state index contributed by atoms with van der Waals surface area (Å²) in [7, 11) is 1.29. The third kappa shape index (κ3) is 2.18. The lowest BCUT2D eigenvalue weighted by molar-refractivity contribution is -0.119. The molecule has 0 saturated carbocycles. The van der Waals surface area contributed by atoms with Gasteiger partial charge in [0, 0.05) is 6.42 Å². The molecule has 1 aromatic rings. The van der Waals surface area contributed by atoms with E-state index in [1.807, 2.05) is 0 Å². The zero-order chi connectivity index (χ0) is 10.6. The van der Waals surface area contributed by atoms with Crippen LogP contribution in [0.25, 0.3) is 0 Å². The first-order chi connectivity index (χ1) is 6.69. The maximum absolute atomic E-state index is 11.2. The Morgan fingerprint density at radius 3 is 2.86 bits per heavy atom. The molecule has 0 fully saturated rings. The number of aromatic nitrogens is 2. The number of Topliss-reactive ketones (excluding diaryl/α,β-unsaturated/α-hetero) is 1. The second-order valence-electron chi connectivity index (χ2n) is 2.79. The highest BCUT2D eigenvalue weighted by molar-refractivity contribution is 5.88. The summed E-state index contributed by atoms with van der Waals surface area (Å²) >= 11 is 0. The number of ketones is 1. The van der Waals surface area contributed by atoms with E-state index in [0.717, 1.165) is 0 Å². The van der Waals surface area contributed by atoms with Crippen molar-refractivity contribution in [3.05, 3.63) is 18.2 Å². The summed E-state index contributed by atoms with van der Waals surface area (Å²) in [5, 5.41) is 0. The van der Waals surface area contributed by atoms with Gasteiger partial charge in [0.1, 0.15) is 5.69 Å². The predicted octanol–water partition coefficient (Wildman–Crippen LogP) is 0.649. The Morgan fingerprint density at radius 1 is 1.57 bits per heavy atom. The smallest absolute Gasteiger partial charge is 0.356 e. The first-order valence-electron chi connectivity index (χ1n) is 4.29. The minimum absolute atomic E-state index is 0.0492. The minimum atomic E-state index is -0.480. The number of esters is 1. The van der Waals surface area contributed by atoms with Crippen molar-refractivity contribution in [2.75, 3.05) is 7.11 Å². The molecule has 1 aromatic heterocycles. The Morgan fingerprint density at radius 2 is 2.29 bits per heavy atom. The summed E-state index contributed by atoms with van der Waals surface area (Å²) < 4.78 is 6.02. The Bertz CT molecular complexity index is 344. The molecule has 76 valence electrons. The third-order valence-electron chi connectivity index (χ3n) is 1.85. The van der Waals surface area contributed by atoms with Crippen molar-refractivity contribution in [2.45, 2.75) is 19.9 Å². The molecular formula is C9H12N2O3. The van der Waals surface area contributed by atoms with Gasteiger partial charge in [-0.05, 0) is 0 Å². The minimum Gasteiger partial charge on any atom is -0.464 e. The normalized spacial score (nSPS) is 9.86. The topological polar surface area (TPSA) is 61.2 Å². The highest BCUT2D eigenvalue weighted by Crippen LogP contribution is 2.02. The molecule has 5 heteroatoms. The summed E-state index contributed by atoms with van der Waals surface area (Å²) in [6.45, 7) is 1.94. The van der Waals surface area contributed by atoms with Crippen LogP contribution in [0.15, 0.2) is 12.5 Å². The van der Waals surface area contributed by atoms with Gasteiger partial charge in [-0.3, -0.25) is 4.79 Å². The molecule has 0 N–H and O–H groups in total. The zero-order valence-corrected chi connectivity index (χ0v) is 8.19. The number of hydrogen-bond donors (Lipinski definition) is 0. The molecule has 0 radical (unpaired) electrons. The average Bonchev–Trinajstić information content (AvgIpc) is 2.64. The first-order valence-corrected chi connectivity index (χ1v) is 4.29. The number of rotatable bonds is 4. The van der Waals surface area contributed by atoms with Gasteiger partial charge in [0.2, 0.25) is 0 Å². The number of ether oxygens (including phenoxy) is 1. The van der Waals surface area contributed by atoms with E-state index in [0.29, 0.717) is 12.1 Å². The van der Waals surface area contributed by atoms with E-state index in [9.17, 15) is 9.59 Å². The Labute approximate surface area is 81.7 Å². The van der Waals surface area contributed by atoms with Gasteiger partial charge in [-0.2, -0.15) is 0 Å². The third-order valence-corrected chi connectivity index (χ3v) is 1.85. The van der Waals surface area contributed by atoms with Gasteiger partial charge < -0.3 is 9.30 Å². The molecule has 0 aliphatic heterocycles. The van der Waals surface area contributed by atoms with E-state index in [1.54, 1.807) is 6.92 Å². The molecule has 5 nitrogen and oxygen atoms in total. The van der Waals surface area contributed by atoms with E-state index in [1.165, 1.54) is 24.2 Å². The molecular weight excluding hydrogens is 184 g/mol. The molecule has 0 aliphatic carbocycles. The monoisotopic (exact) mass is 196 g/mol. The lowest BCUT2D eigenvalue weighted by Crippen LogP contribution is -2.14. The maximum Gasteiger partial charge on any atom is 0.356 e. The van der Waals surface area contributed by atoms with Crippen LogP contribution in [0.3, 0.4) is 0 Å². The number of carbonyl (C=O) groups excluding carboxylic acids is 2. The van der Waals surface area contributed by atoms with Gasteiger partial charge in [-0.1, -0.05) is 6.92 Å². The van der Waals surface area contributed by atoms with Gasteiger partial charge in [0.05, 0.1) is 26.2 Å². The van der Waals surface area contributed by atoms with Crippen molar-refractivity contribution in [2.24, 2.45) is 0 Å². The van der Waals surface area contributed by atoms with Crippen molar-refractivity contribution in [3.63, 3.8) is 0 Å². The van der Waals surface area contributed by atoms with Crippen LogP contribution in [0.5, 0.6) is 0 Å². The predicted molar refractivity (Wildman–Crippen MR) is 48.9 cm³/mol. The van der Waals surface area contributed by atoms with Crippen LogP contribution in [-0.2, 0) is 16.1 Å². The van der Waals surface area contributed by atoms with Crippen LogP contribution in [-0.4, -0.2) is 28.4 Å². The second kappa shape index (κ2) is 4.55. The van der Waals surface area contributed by atoms with Gasteiger partial charge >= 0.3 is 5.97 Å². The molecule has 0 unspecified atom stereocenters. The summed E-state index contributed by atoms with van der Waals surface area (Å²) in [5.74, 6) is -0.431. The summed E-state index contributed by atoms with van der Waals surface area (Å²) in [6, 6.07) is 0. The number of methoxy groups -OCH3 is 1. The van der Waals surface area contributed by atoms with Crippen LogP contribution in [0, 0.1) is 0 Å². The maximum atomic E-state index is 11.2. The highest BCUT2D eigenvalue weighted by Gasteiger charge is 2.13. The molecule has 14 heavy (non-hydrogen) atoms. The van der Waals surface area contributed by atoms with E-state index in [4.69, 9.17) is 0 Å². The fraction of sp³-hybridized carbons (Fsp3) is 0.444. The number of carbonyl (C=O) groups is 2. The van der Waals surface area contributed by atoms with Crippen molar-refractivity contribution >= 4 is 11.8 Å². The van der Waals surface area contributed by atoms with Crippen molar-refractivity contribution in [3.8, 4) is 0 Å². The van der Waals surface area contributed by atoms with Crippen molar-refractivity contribution < 1.29 is 14.3 Å². The van der Waals surface area contributed by atoms with E-state index < -0.39 is 5.97 Å². The molecule has 0 atom stereocenters. The summed E-state index contributed by atoms with van der Waals surface area (Å²) in [6.07, 6.45) is 3.27. The number of hydrogen-bond acceptors (Lipinski definition) is 4. The standard InChI is InChI=1S/C9H12N2O3/c1-3-7(12)5-11-6-10-4-8(11)9(13)14-2/h4,6H,3,5H2,1-2H3. The molecule has 0 bridgehead atoms. The molecule has 0 spiro atoms. The van der Waals surface area contributed by atoms with Crippen LogP contribution in [0.1, 0.15) is 23.8 Å². The first kappa shape index (κ1) is 10.4.